The Bertz CT molecular complexity index is 1440. The highest BCUT2D eigenvalue weighted by atomic mass is 127. The van der Waals surface area contributed by atoms with Crippen LogP contribution < -0.4 is 19.7 Å². The second kappa shape index (κ2) is 12.5. The largest absolute Gasteiger partial charge is 0.490 e. The molecule has 0 spiro atoms. The molecule has 0 aromatic heterocycles. The lowest BCUT2D eigenvalue weighted by Gasteiger charge is -2.29. The van der Waals surface area contributed by atoms with E-state index in [1.54, 1.807) is 18.2 Å². The van der Waals surface area contributed by atoms with E-state index in [1.165, 1.54) is 11.0 Å². The van der Waals surface area contributed by atoms with Gasteiger partial charge in [0.1, 0.15) is 12.2 Å². The summed E-state index contributed by atoms with van der Waals surface area (Å²) in [4.78, 5) is 27.5. The topological polar surface area (TPSA) is 67.9 Å². The summed E-state index contributed by atoms with van der Waals surface area (Å²) in [5, 5.41) is 3.57. The first-order valence-electron chi connectivity index (χ1n) is 11.7. The Hall–Kier alpha value is -2.66. The lowest BCUT2D eigenvalue weighted by molar-refractivity contribution is -0.122. The molecule has 0 saturated carbocycles. The summed E-state index contributed by atoms with van der Waals surface area (Å²) in [6.07, 6.45) is 2.40. The van der Waals surface area contributed by atoms with Gasteiger partial charge in [-0.25, -0.2) is 0 Å². The Morgan fingerprint density at radius 1 is 0.974 bits per heavy atom. The van der Waals surface area contributed by atoms with Crippen LogP contribution in [-0.4, -0.2) is 23.5 Å². The molecule has 1 saturated heterocycles. The van der Waals surface area contributed by atoms with Gasteiger partial charge in [0.05, 0.1) is 25.9 Å². The number of rotatable bonds is 8. The Morgan fingerprint density at radius 3 is 2.34 bits per heavy atom. The highest BCUT2D eigenvalue weighted by molar-refractivity contribution is 14.1. The maximum Gasteiger partial charge on any atom is 0.270 e. The normalized spacial score (nSPS) is 14.6. The maximum atomic E-state index is 13.4. The fraction of sp³-hybridized carbons (Fsp3) is 0.179. The van der Waals surface area contributed by atoms with Crippen LogP contribution in [0, 0.1) is 3.57 Å². The van der Waals surface area contributed by atoms with Gasteiger partial charge in [-0.3, -0.25) is 19.8 Å². The van der Waals surface area contributed by atoms with Crippen LogP contribution in [0.25, 0.3) is 6.08 Å². The molecule has 0 aliphatic carbocycles. The van der Waals surface area contributed by atoms with E-state index >= 15 is 0 Å². The van der Waals surface area contributed by atoms with Gasteiger partial charge in [0.25, 0.3) is 11.8 Å². The summed E-state index contributed by atoms with van der Waals surface area (Å²) in [7, 11) is 0. The molecule has 0 radical (unpaired) electrons. The van der Waals surface area contributed by atoms with Gasteiger partial charge in [-0.1, -0.05) is 48.3 Å². The van der Waals surface area contributed by atoms with Crippen molar-refractivity contribution in [2.24, 2.45) is 0 Å². The Kier molecular flexibility index (Phi) is 9.30. The smallest absolute Gasteiger partial charge is 0.270 e. The van der Waals surface area contributed by atoms with Crippen molar-refractivity contribution >= 4 is 86.7 Å². The summed E-state index contributed by atoms with van der Waals surface area (Å²) in [6, 6.07) is 16.3. The first-order chi connectivity index (χ1) is 18.2. The number of thiocarbonyl (C=S) groups is 1. The number of hydrogen-bond donors (Lipinski definition) is 1. The number of nitrogens with zero attached hydrogens (tertiary/aromatic N) is 1. The monoisotopic (exact) mass is 680 g/mol. The Labute approximate surface area is 250 Å². The molecule has 4 rings (SSSR count). The van der Waals surface area contributed by atoms with Crippen molar-refractivity contribution in [3.8, 4) is 11.5 Å². The number of carbonyl (C=O) groups excluding carboxylic acids is 2. The zero-order chi connectivity index (χ0) is 27.4. The molecule has 38 heavy (non-hydrogen) atoms. The second-order valence-corrected chi connectivity index (χ2v) is 10.6. The van der Waals surface area contributed by atoms with Crippen molar-refractivity contribution in [3.63, 3.8) is 0 Å². The Morgan fingerprint density at radius 2 is 1.68 bits per heavy atom. The quantitative estimate of drug-likeness (QED) is 0.121. The molecule has 1 aliphatic heterocycles. The third kappa shape index (κ3) is 6.31. The second-order valence-electron chi connectivity index (χ2n) is 8.28. The van der Waals surface area contributed by atoms with Crippen LogP contribution in [-0.2, 0) is 22.6 Å². The third-order valence-corrected chi connectivity index (χ3v) is 7.54. The molecular weight excluding hydrogens is 658 g/mol. The fourth-order valence-corrected chi connectivity index (χ4v) is 5.18. The SMILES string of the molecule is CCOc1cc(/C=C2\C(=O)NC(=S)N(c3ccc(CC)cc3)C2=O)cc(I)c1OCc1ccc(Cl)c(Cl)c1. The van der Waals surface area contributed by atoms with E-state index in [9.17, 15) is 9.59 Å². The lowest BCUT2D eigenvalue weighted by atomic mass is 10.1. The van der Waals surface area contributed by atoms with Gasteiger partial charge < -0.3 is 9.47 Å². The van der Waals surface area contributed by atoms with Crippen molar-refractivity contribution in [3.05, 3.63) is 90.5 Å². The van der Waals surface area contributed by atoms with Crippen LogP contribution in [0.1, 0.15) is 30.5 Å². The molecule has 3 aromatic carbocycles. The van der Waals surface area contributed by atoms with Crippen LogP contribution in [0.2, 0.25) is 10.0 Å². The number of anilines is 1. The molecular formula is C28H23Cl2IN2O4S. The molecule has 2 amide bonds. The molecule has 10 heteroatoms. The van der Waals surface area contributed by atoms with Crippen molar-refractivity contribution in [2.45, 2.75) is 26.9 Å². The lowest BCUT2D eigenvalue weighted by Crippen LogP contribution is -2.54. The highest BCUT2D eigenvalue weighted by Crippen LogP contribution is 2.36. The van der Waals surface area contributed by atoms with Crippen LogP contribution in [0.4, 0.5) is 5.69 Å². The average Bonchev–Trinajstić information content (AvgIpc) is 2.88. The van der Waals surface area contributed by atoms with Crippen LogP contribution >= 0.6 is 58.0 Å². The number of nitrogens with one attached hydrogen (secondary N) is 1. The van der Waals surface area contributed by atoms with Crippen LogP contribution in [0.3, 0.4) is 0 Å². The van der Waals surface area contributed by atoms with Crippen molar-refractivity contribution in [1.29, 1.82) is 0 Å². The minimum atomic E-state index is -0.561. The van der Waals surface area contributed by atoms with E-state index in [0.717, 1.165) is 21.1 Å². The molecule has 1 N–H and O–H groups in total. The molecule has 1 fully saturated rings. The molecule has 1 heterocycles. The molecule has 3 aromatic rings. The maximum absolute atomic E-state index is 13.4. The molecule has 196 valence electrons. The molecule has 0 bridgehead atoms. The summed E-state index contributed by atoms with van der Waals surface area (Å²) >= 11 is 19.6. The summed E-state index contributed by atoms with van der Waals surface area (Å²) in [5.74, 6) is -0.0401. The third-order valence-electron chi connectivity index (χ3n) is 5.71. The summed E-state index contributed by atoms with van der Waals surface area (Å²) < 4.78 is 12.7. The number of carbonyl (C=O) groups is 2. The molecule has 6 nitrogen and oxygen atoms in total. The van der Waals surface area contributed by atoms with E-state index in [4.69, 9.17) is 44.9 Å². The predicted octanol–water partition coefficient (Wildman–Crippen LogP) is 6.97. The average molecular weight is 681 g/mol. The van der Waals surface area contributed by atoms with Crippen LogP contribution in [0.5, 0.6) is 11.5 Å². The fourth-order valence-electron chi connectivity index (χ4n) is 3.80. The number of aryl methyl sites for hydroxylation is 1. The molecule has 1 aliphatic rings. The van der Waals surface area contributed by atoms with E-state index in [0.29, 0.717) is 39.4 Å². The minimum Gasteiger partial charge on any atom is -0.490 e. The summed E-state index contributed by atoms with van der Waals surface area (Å²) in [5.41, 5.74) is 3.12. The van der Waals surface area contributed by atoms with Gasteiger partial charge in [-0.05, 0) is 107 Å². The minimum absolute atomic E-state index is 0.0389. The van der Waals surface area contributed by atoms with E-state index in [2.05, 4.69) is 27.9 Å². The van der Waals surface area contributed by atoms with E-state index in [1.807, 2.05) is 50.2 Å². The van der Waals surface area contributed by atoms with Gasteiger partial charge >= 0.3 is 0 Å². The number of hydrogen-bond acceptors (Lipinski definition) is 5. The first-order valence-corrected chi connectivity index (χ1v) is 14.0. The predicted molar refractivity (Wildman–Crippen MR) is 163 cm³/mol. The van der Waals surface area contributed by atoms with E-state index in [-0.39, 0.29) is 17.3 Å². The zero-order valence-corrected chi connectivity index (χ0v) is 25.0. The van der Waals surface area contributed by atoms with Gasteiger partial charge in [-0.15, -0.1) is 0 Å². The van der Waals surface area contributed by atoms with Crippen molar-refractivity contribution < 1.29 is 19.1 Å². The molecule has 0 atom stereocenters. The van der Waals surface area contributed by atoms with Gasteiger partial charge in [0, 0.05) is 0 Å². The number of benzene rings is 3. The molecule has 0 unspecified atom stereocenters. The number of ether oxygens (including phenoxy) is 2. The Balaban J connectivity index is 1.64. The van der Waals surface area contributed by atoms with Crippen molar-refractivity contribution in [1.82, 2.24) is 5.32 Å². The highest BCUT2D eigenvalue weighted by Gasteiger charge is 2.34. The summed E-state index contributed by atoms with van der Waals surface area (Å²) in [6.45, 7) is 4.56. The van der Waals surface area contributed by atoms with Crippen LogP contribution in [0.15, 0.2) is 60.2 Å². The van der Waals surface area contributed by atoms with Gasteiger partial charge in [-0.2, -0.15) is 0 Å². The van der Waals surface area contributed by atoms with Gasteiger partial charge in [0.2, 0.25) is 0 Å². The van der Waals surface area contributed by atoms with E-state index < -0.39 is 11.8 Å². The standard InChI is InChI=1S/C28H23Cl2IN2O4S/c1-3-16-5-8-19(9-6-16)33-27(35)20(26(34)32-28(33)38)11-18-13-23(31)25(24(14-18)36-4-2)37-15-17-7-10-21(29)22(30)12-17/h5-14H,3-4,15H2,1-2H3,(H,32,34,38)/b20-11+. The van der Waals surface area contributed by atoms with Gasteiger partial charge in [0.15, 0.2) is 16.6 Å². The van der Waals surface area contributed by atoms with Crippen molar-refractivity contribution in [2.75, 3.05) is 11.5 Å². The number of amides is 2. The zero-order valence-electron chi connectivity index (χ0n) is 20.5. The number of halogens is 3. The first kappa shape index (κ1) is 28.4.